The van der Waals surface area contributed by atoms with Crippen molar-refractivity contribution in [1.29, 1.82) is 0 Å². The van der Waals surface area contributed by atoms with Crippen molar-refractivity contribution in [3.63, 3.8) is 0 Å². The first-order valence-electron chi connectivity index (χ1n) is 10.2. The zero-order valence-electron chi connectivity index (χ0n) is 18.0. The van der Waals surface area contributed by atoms with Crippen LogP contribution in [0.2, 0.25) is 0 Å². The van der Waals surface area contributed by atoms with Crippen molar-refractivity contribution in [3.8, 4) is 0 Å². The Balaban J connectivity index is 2.26. The molecule has 1 aliphatic carbocycles. The van der Waals surface area contributed by atoms with Gasteiger partial charge in [-0.15, -0.1) is 0 Å². The Labute approximate surface area is 167 Å². The molecule has 1 aliphatic heterocycles. The van der Waals surface area contributed by atoms with Crippen LogP contribution in [0.15, 0.2) is 0 Å². The molecule has 1 saturated heterocycles. The zero-order valence-corrected chi connectivity index (χ0v) is 18.0. The molecule has 2 rings (SSSR count). The van der Waals surface area contributed by atoms with Gasteiger partial charge in [-0.3, -0.25) is 14.5 Å². The van der Waals surface area contributed by atoms with E-state index in [0.717, 1.165) is 36.9 Å². The molecular formula is C21H34N2O5. The summed E-state index contributed by atoms with van der Waals surface area (Å²) in [6.45, 7) is 8.50. The molecule has 0 bridgehead atoms. The molecule has 1 saturated carbocycles. The molecule has 28 heavy (non-hydrogen) atoms. The zero-order chi connectivity index (χ0) is 21.3. The highest BCUT2D eigenvalue weighted by atomic mass is 16.6. The van der Waals surface area contributed by atoms with Gasteiger partial charge in [-0.1, -0.05) is 25.7 Å². The van der Waals surface area contributed by atoms with Gasteiger partial charge in [0.25, 0.3) is 5.91 Å². The SMILES string of the molecule is CN1C(=O)N(C[C@@H](C(=O)OC(C)(C)C)[C@H](C=O)CC2CCCC2)C(=O)C1(C)C. The maximum atomic E-state index is 12.9. The van der Waals surface area contributed by atoms with Crippen LogP contribution in [0.5, 0.6) is 0 Å². The van der Waals surface area contributed by atoms with E-state index in [9.17, 15) is 19.2 Å². The Hall–Kier alpha value is -1.92. The lowest BCUT2D eigenvalue weighted by Crippen LogP contribution is -2.45. The highest BCUT2D eigenvalue weighted by molar-refractivity contribution is 6.06. The van der Waals surface area contributed by atoms with Crippen molar-refractivity contribution >= 4 is 24.2 Å². The van der Waals surface area contributed by atoms with Crippen molar-refractivity contribution in [2.45, 2.75) is 77.9 Å². The fourth-order valence-electron chi connectivity index (χ4n) is 4.05. The fraction of sp³-hybridized carbons (Fsp3) is 0.810. The maximum Gasteiger partial charge on any atom is 0.327 e. The molecule has 0 aromatic carbocycles. The molecule has 1 heterocycles. The monoisotopic (exact) mass is 394 g/mol. The Kier molecular flexibility index (Phi) is 6.56. The Bertz CT molecular complexity index is 631. The number of likely N-dealkylation sites (N-methyl/N-ethyl adjacent to an activating group) is 1. The van der Waals surface area contributed by atoms with E-state index in [2.05, 4.69) is 0 Å². The number of carbonyl (C=O) groups excluding carboxylic acids is 4. The Morgan fingerprint density at radius 2 is 1.82 bits per heavy atom. The van der Waals surface area contributed by atoms with Crippen LogP contribution in [0.4, 0.5) is 4.79 Å². The smallest absolute Gasteiger partial charge is 0.327 e. The summed E-state index contributed by atoms with van der Waals surface area (Å²) in [5.74, 6) is -1.93. The summed E-state index contributed by atoms with van der Waals surface area (Å²) in [5.41, 5.74) is -1.69. The van der Waals surface area contributed by atoms with E-state index in [1.807, 2.05) is 0 Å². The predicted molar refractivity (Wildman–Crippen MR) is 104 cm³/mol. The molecular weight excluding hydrogens is 360 g/mol. The second-order valence-electron chi connectivity index (χ2n) is 9.64. The number of hydrogen-bond acceptors (Lipinski definition) is 5. The van der Waals surface area contributed by atoms with Gasteiger partial charge < -0.3 is 14.4 Å². The molecule has 0 aromatic heterocycles. The van der Waals surface area contributed by atoms with Crippen LogP contribution in [0.25, 0.3) is 0 Å². The number of rotatable bonds is 7. The van der Waals surface area contributed by atoms with Crippen LogP contribution >= 0.6 is 0 Å². The van der Waals surface area contributed by atoms with E-state index < -0.39 is 35.0 Å². The van der Waals surface area contributed by atoms with E-state index >= 15 is 0 Å². The summed E-state index contributed by atoms with van der Waals surface area (Å²) < 4.78 is 5.55. The number of esters is 1. The number of urea groups is 1. The van der Waals surface area contributed by atoms with Crippen LogP contribution in [0.3, 0.4) is 0 Å². The number of amides is 3. The fourth-order valence-corrected chi connectivity index (χ4v) is 4.05. The normalized spacial score (nSPS) is 22.5. The van der Waals surface area contributed by atoms with Crippen molar-refractivity contribution in [1.82, 2.24) is 9.80 Å². The summed E-state index contributed by atoms with van der Waals surface area (Å²) in [4.78, 5) is 52.7. The molecule has 0 aromatic rings. The second-order valence-corrected chi connectivity index (χ2v) is 9.64. The van der Waals surface area contributed by atoms with Crippen molar-refractivity contribution in [2.24, 2.45) is 17.8 Å². The van der Waals surface area contributed by atoms with Crippen molar-refractivity contribution in [3.05, 3.63) is 0 Å². The molecule has 7 nitrogen and oxygen atoms in total. The van der Waals surface area contributed by atoms with E-state index in [0.29, 0.717) is 12.3 Å². The quantitative estimate of drug-likeness (QED) is 0.376. The van der Waals surface area contributed by atoms with Gasteiger partial charge in [0.2, 0.25) is 0 Å². The first kappa shape index (κ1) is 22.4. The van der Waals surface area contributed by atoms with Crippen LogP contribution in [-0.2, 0) is 19.1 Å². The lowest BCUT2D eigenvalue weighted by molar-refractivity contribution is -0.163. The summed E-state index contributed by atoms with van der Waals surface area (Å²) in [7, 11) is 1.57. The van der Waals surface area contributed by atoms with Gasteiger partial charge >= 0.3 is 12.0 Å². The molecule has 158 valence electrons. The number of carbonyl (C=O) groups is 4. The Morgan fingerprint density at radius 1 is 1.25 bits per heavy atom. The number of aldehydes is 1. The standard InChI is InChI=1S/C21H34N2O5/c1-20(2,3)28-17(25)16(15(13-24)11-14-9-7-8-10-14)12-23-18(26)21(4,5)22(6)19(23)27/h13-16H,7-12H2,1-6H3/t15-,16+/m0/s1. The van der Waals surface area contributed by atoms with Gasteiger partial charge in [0, 0.05) is 19.5 Å². The van der Waals surface area contributed by atoms with Crippen LogP contribution in [0, 0.1) is 17.8 Å². The highest BCUT2D eigenvalue weighted by Crippen LogP contribution is 2.34. The molecule has 7 heteroatoms. The van der Waals surface area contributed by atoms with E-state index in [4.69, 9.17) is 4.74 Å². The van der Waals surface area contributed by atoms with Gasteiger partial charge in [-0.2, -0.15) is 0 Å². The molecule has 0 radical (unpaired) electrons. The number of nitrogens with zero attached hydrogens (tertiary/aromatic N) is 2. The van der Waals surface area contributed by atoms with E-state index in [-0.39, 0.29) is 12.5 Å². The van der Waals surface area contributed by atoms with Gasteiger partial charge in [0.05, 0.1) is 5.92 Å². The van der Waals surface area contributed by atoms with Crippen LogP contribution < -0.4 is 0 Å². The molecule has 2 atom stereocenters. The molecule has 0 unspecified atom stereocenters. The first-order chi connectivity index (χ1) is 12.9. The molecule has 2 fully saturated rings. The topological polar surface area (TPSA) is 84.0 Å². The average Bonchev–Trinajstić information content (AvgIpc) is 3.14. The van der Waals surface area contributed by atoms with Crippen molar-refractivity contribution < 1.29 is 23.9 Å². The van der Waals surface area contributed by atoms with E-state index in [1.165, 1.54) is 4.90 Å². The molecule has 0 N–H and O–H groups in total. The number of imide groups is 1. The predicted octanol–water partition coefficient (Wildman–Crippen LogP) is 3.01. The highest BCUT2D eigenvalue weighted by Gasteiger charge is 2.51. The average molecular weight is 395 g/mol. The lowest BCUT2D eigenvalue weighted by Gasteiger charge is -2.30. The summed E-state index contributed by atoms with van der Waals surface area (Å²) in [6, 6.07) is -0.450. The largest absolute Gasteiger partial charge is 0.460 e. The Morgan fingerprint density at radius 3 is 2.25 bits per heavy atom. The summed E-state index contributed by atoms with van der Waals surface area (Å²) in [5, 5.41) is 0. The van der Waals surface area contributed by atoms with Crippen LogP contribution in [-0.4, -0.2) is 58.7 Å². The third-order valence-electron chi connectivity index (χ3n) is 5.99. The molecule has 3 amide bonds. The summed E-state index contributed by atoms with van der Waals surface area (Å²) >= 11 is 0. The maximum absolute atomic E-state index is 12.9. The third kappa shape index (κ3) is 4.73. The third-order valence-corrected chi connectivity index (χ3v) is 5.99. The second kappa shape index (κ2) is 8.21. The lowest BCUT2D eigenvalue weighted by atomic mass is 9.84. The van der Waals surface area contributed by atoms with Gasteiger partial charge in [0.15, 0.2) is 0 Å². The van der Waals surface area contributed by atoms with Gasteiger partial charge in [0.1, 0.15) is 17.4 Å². The number of hydrogen-bond donors (Lipinski definition) is 0. The molecule has 2 aliphatic rings. The van der Waals surface area contributed by atoms with Gasteiger partial charge in [-0.25, -0.2) is 4.79 Å². The molecule has 0 spiro atoms. The minimum atomic E-state index is -0.975. The number of ether oxygens (including phenoxy) is 1. The van der Waals surface area contributed by atoms with Crippen molar-refractivity contribution in [2.75, 3.05) is 13.6 Å². The minimum absolute atomic E-state index is 0.128. The van der Waals surface area contributed by atoms with E-state index in [1.54, 1.807) is 41.7 Å². The van der Waals surface area contributed by atoms with Crippen LogP contribution in [0.1, 0.15) is 66.7 Å². The van der Waals surface area contributed by atoms with Gasteiger partial charge in [-0.05, 0) is 47.0 Å². The summed E-state index contributed by atoms with van der Waals surface area (Å²) in [6.07, 6.45) is 5.74. The first-order valence-corrected chi connectivity index (χ1v) is 10.2. The minimum Gasteiger partial charge on any atom is -0.460 e.